The quantitative estimate of drug-likeness (QED) is 0.295. The van der Waals surface area contributed by atoms with E-state index in [1.807, 2.05) is 4.90 Å². The third-order valence-electron chi connectivity index (χ3n) is 5.26. The van der Waals surface area contributed by atoms with E-state index in [4.69, 9.17) is 26.8 Å². The maximum atomic E-state index is 11.7. The number of aromatic nitrogens is 2. The second-order valence-corrected chi connectivity index (χ2v) is 7.99. The largest absolute Gasteiger partial charge is 0.495 e. The van der Waals surface area contributed by atoms with Gasteiger partial charge in [-0.15, -0.1) is 0 Å². The molecule has 2 aromatic carbocycles. The lowest BCUT2D eigenvalue weighted by Crippen LogP contribution is -2.18. The molecular formula is C22H22ClN7O5. The Morgan fingerprint density at radius 2 is 1.97 bits per heavy atom. The number of nitro groups is 1. The van der Waals surface area contributed by atoms with Crippen molar-refractivity contribution >= 4 is 52.2 Å². The first kappa shape index (κ1) is 23.8. The molecule has 0 unspecified atom stereocenters. The van der Waals surface area contributed by atoms with Gasteiger partial charge in [-0.3, -0.25) is 10.1 Å². The molecule has 0 atom stereocenters. The van der Waals surface area contributed by atoms with Gasteiger partial charge in [-0.1, -0.05) is 11.6 Å². The summed E-state index contributed by atoms with van der Waals surface area (Å²) in [7, 11) is 1.47. The van der Waals surface area contributed by atoms with E-state index in [1.54, 1.807) is 18.2 Å². The highest BCUT2D eigenvalue weighted by Crippen LogP contribution is 2.35. The molecule has 182 valence electrons. The minimum Gasteiger partial charge on any atom is -0.495 e. The SMILES string of the molecule is COc1ccc(OC(N)=O)cc1Nc1nc(Nc2ccc(N3CCCC3)c([N+](=O)[O-])c2)ncc1Cl. The summed E-state index contributed by atoms with van der Waals surface area (Å²) in [5.74, 6) is 0.999. The highest BCUT2D eigenvalue weighted by atomic mass is 35.5. The number of carbonyl (C=O) groups excluding carboxylic acids is 1. The summed E-state index contributed by atoms with van der Waals surface area (Å²) < 4.78 is 10.2. The average Bonchev–Trinajstić information content (AvgIpc) is 3.36. The van der Waals surface area contributed by atoms with E-state index >= 15 is 0 Å². The van der Waals surface area contributed by atoms with Gasteiger partial charge in [0.25, 0.3) is 5.69 Å². The highest BCUT2D eigenvalue weighted by molar-refractivity contribution is 6.33. The topological polar surface area (TPSA) is 158 Å². The van der Waals surface area contributed by atoms with Crippen LogP contribution in [-0.2, 0) is 0 Å². The molecule has 1 aliphatic rings. The van der Waals surface area contributed by atoms with Crippen LogP contribution in [0.3, 0.4) is 0 Å². The molecule has 13 heteroatoms. The summed E-state index contributed by atoms with van der Waals surface area (Å²) >= 11 is 6.27. The van der Waals surface area contributed by atoms with E-state index in [9.17, 15) is 14.9 Å². The number of methoxy groups -OCH3 is 1. The van der Waals surface area contributed by atoms with Gasteiger partial charge in [-0.2, -0.15) is 4.98 Å². The van der Waals surface area contributed by atoms with Crippen molar-refractivity contribution in [3.05, 3.63) is 57.7 Å². The number of nitrogens with one attached hydrogen (secondary N) is 2. The molecule has 0 bridgehead atoms. The smallest absolute Gasteiger partial charge is 0.409 e. The summed E-state index contributed by atoms with van der Waals surface area (Å²) in [6, 6.07) is 9.50. The van der Waals surface area contributed by atoms with Gasteiger partial charge < -0.3 is 30.7 Å². The van der Waals surface area contributed by atoms with E-state index in [2.05, 4.69) is 20.6 Å². The van der Waals surface area contributed by atoms with Crippen molar-refractivity contribution in [1.82, 2.24) is 9.97 Å². The van der Waals surface area contributed by atoms with Gasteiger partial charge in [-0.25, -0.2) is 9.78 Å². The number of hydrogen-bond acceptors (Lipinski definition) is 10. The molecule has 35 heavy (non-hydrogen) atoms. The van der Waals surface area contributed by atoms with Crippen molar-refractivity contribution < 1.29 is 19.2 Å². The van der Waals surface area contributed by atoms with Crippen LogP contribution < -0.4 is 30.7 Å². The number of primary amides is 1. The molecule has 4 rings (SSSR count). The Hall–Kier alpha value is -4.32. The molecule has 4 N–H and O–H groups in total. The van der Waals surface area contributed by atoms with Gasteiger partial charge in [0.15, 0.2) is 5.82 Å². The van der Waals surface area contributed by atoms with E-state index in [1.165, 1.54) is 31.5 Å². The van der Waals surface area contributed by atoms with Crippen LogP contribution in [0, 0.1) is 10.1 Å². The first-order chi connectivity index (χ1) is 16.8. The van der Waals surface area contributed by atoms with Gasteiger partial charge in [0.1, 0.15) is 22.2 Å². The van der Waals surface area contributed by atoms with Crippen molar-refractivity contribution in [1.29, 1.82) is 0 Å². The zero-order valence-corrected chi connectivity index (χ0v) is 19.4. The predicted octanol–water partition coefficient (Wildman–Crippen LogP) is 4.59. The Morgan fingerprint density at radius 1 is 1.20 bits per heavy atom. The molecule has 1 amide bonds. The lowest BCUT2D eigenvalue weighted by molar-refractivity contribution is -0.384. The number of carbonyl (C=O) groups is 1. The maximum Gasteiger partial charge on any atom is 0.409 e. The third kappa shape index (κ3) is 5.61. The molecule has 1 fully saturated rings. The standard InChI is InChI=1S/C22H22ClN7O5/c1-34-19-7-5-14(35-21(24)31)11-16(19)27-20-15(23)12-25-22(28-20)26-13-4-6-17(18(10-13)30(32)33)29-8-2-3-9-29/h4-7,10-12H,2-3,8-9H2,1H3,(H2,24,31)(H2,25,26,27,28). The molecule has 1 aliphatic heterocycles. The minimum atomic E-state index is -0.961. The van der Waals surface area contributed by atoms with Crippen molar-refractivity contribution in [2.24, 2.45) is 5.73 Å². The molecule has 3 aromatic rings. The predicted molar refractivity (Wildman–Crippen MR) is 131 cm³/mol. The van der Waals surface area contributed by atoms with Crippen LogP contribution in [0.15, 0.2) is 42.6 Å². The van der Waals surface area contributed by atoms with Crippen LogP contribution in [-0.4, -0.2) is 41.2 Å². The highest BCUT2D eigenvalue weighted by Gasteiger charge is 2.23. The van der Waals surface area contributed by atoms with Crippen molar-refractivity contribution in [2.75, 3.05) is 35.7 Å². The Labute approximate surface area is 205 Å². The van der Waals surface area contributed by atoms with Crippen LogP contribution in [0.25, 0.3) is 0 Å². The van der Waals surface area contributed by atoms with Crippen LogP contribution in [0.5, 0.6) is 11.5 Å². The van der Waals surface area contributed by atoms with Crippen LogP contribution in [0.4, 0.5) is 39.3 Å². The molecule has 1 aromatic heterocycles. The number of anilines is 5. The molecule has 1 saturated heterocycles. The summed E-state index contributed by atoms with van der Waals surface area (Å²) in [6.45, 7) is 1.58. The van der Waals surface area contributed by atoms with Crippen molar-refractivity contribution in [2.45, 2.75) is 12.8 Å². The Bertz CT molecular complexity index is 1270. The molecule has 0 saturated carbocycles. The van der Waals surface area contributed by atoms with Gasteiger partial charge in [0.05, 0.1) is 23.9 Å². The lowest BCUT2D eigenvalue weighted by Gasteiger charge is -2.18. The number of rotatable bonds is 8. The van der Waals surface area contributed by atoms with Gasteiger partial charge >= 0.3 is 6.09 Å². The van der Waals surface area contributed by atoms with E-state index in [0.717, 1.165) is 25.9 Å². The number of amides is 1. The number of ether oxygens (including phenoxy) is 2. The maximum absolute atomic E-state index is 11.7. The second kappa shape index (κ2) is 10.3. The fourth-order valence-corrected chi connectivity index (χ4v) is 3.85. The summed E-state index contributed by atoms with van der Waals surface area (Å²) in [5, 5.41) is 17.9. The number of benzene rings is 2. The van der Waals surface area contributed by atoms with Gasteiger partial charge in [0.2, 0.25) is 5.95 Å². The van der Waals surface area contributed by atoms with E-state index in [0.29, 0.717) is 22.8 Å². The Kier molecular flexibility index (Phi) is 7.01. The van der Waals surface area contributed by atoms with E-state index < -0.39 is 11.0 Å². The number of hydrogen-bond donors (Lipinski definition) is 3. The van der Waals surface area contributed by atoms with Gasteiger partial charge in [0, 0.05) is 30.9 Å². The number of nitro benzene ring substituents is 1. The fourth-order valence-electron chi connectivity index (χ4n) is 3.71. The molecule has 12 nitrogen and oxygen atoms in total. The molecule has 2 heterocycles. The Balaban J connectivity index is 1.59. The summed E-state index contributed by atoms with van der Waals surface area (Å²) in [5.41, 5.74) is 6.52. The van der Waals surface area contributed by atoms with Crippen LogP contribution in [0.2, 0.25) is 5.02 Å². The third-order valence-corrected chi connectivity index (χ3v) is 5.54. The van der Waals surface area contributed by atoms with Crippen LogP contribution in [0.1, 0.15) is 12.8 Å². The first-order valence-electron chi connectivity index (χ1n) is 10.6. The lowest BCUT2D eigenvalue weighted by atomic mass is 10.2. The molecule has 0 aliphatic carbocycles. The summed E-state index contributed by atoms with van der Waals surface area (Å²) in [4.78, 5) is 32.9. The van der Waals surface area contributed by atoms with Gasteiger partial charge in [-0.05, 0) is 37.1 Å². The van der Waals surface area contributed by atoms with Crippen LogP contribution >= 0.6 is 11.6 Å². The van der Waals surface area contributed by atoms with Crippen molar-refractivity contribution in [3.63, 3.8) is 0 Å². The van der Waals surface area contributed by atoms with Crippen molar-refractivity contribution in [3.8, 4) is 11.5 Å². The second-order valence-electron chi connectivity index (χ2n) is 7.58. The first-order valence-corrected chi connectivity index (χ1v) is 11.0. The zero-order valence-electron chi connectivity index (χ0n) is 18.7. The summed E-state index contributed by atoms with van der Waals surface area (Å²) in [6.07, 6.45) is 2.43. The number of nitrogens with zero attached hydrogens (tertiary/aromatic N) is 4. The molecule has 0 spiro atoms. The average molecular weight is 500 g/mol. The number of halogens is 1. The zero-order chi connectivity index (χ0) is 24.9. The molecular weight excluding hydrogens is 478 g/mol. The minimum absolute atomic E-state index is 0.000198. The Morgan fingerprint density at radius 3 is 2.66 bits per heavy atom. The monoisotopic (exact) mass is 499 g/mol. The molecule has 0 radical (unpaired) electrons. The number of nitrogens with two attached hydrogens (primary N) is 1. The fraction of sp³-hybridized carbons (Fsp3) is 0.227. The normalized spacial score (nSPS) is 12.8. The van der Waals surface area contributed by atoms with E-state index in [-0.39, 0.29) is 28.2 Å².